The Labute approximate surface area is 135 Å². The first-order valence-corrected chi connectivity index (χ1v) is 7.26. The van der Waals surface area contributed by atoms with Crippen LogP contribution in [0.4, 0.5) is 5.82 Å². The summed E-state index contributed by atoms with van der Waals surface area (Å²) in [5, 5.41) is 7.13. The molecule has 1 heterocycles. The van der Waals surface area contributed by atoms with Gasteiger partial charge in [-0.15, -0.1) is 0 Å². The van der Waals surface area contributed by atoms with Gasteiger partial charge in [0.25, 0.3) is 0 Å². The smallest absolute Gasteiger partial charge is 0.234 e. The zero-order valence-corrected chi connectivity index (χ0v) is 12.9. The highest BCUT2D eigenvalue weighted by Gasteiger charge is 2.20. The van der Waals surface area contributed by atoms with Gasteiger partial charge >= 0.3 is 0 Å². The van der Waals surface area contributed by atoms with E-state index in [-0.39, 0.29) is 12.5 Å². The summed E-state index contributed by atoms with van der Waals surface area (Å²) in [6, 6.07) is 11.4. The molecule has 23 heavy (non-hydrogen) atoms. The van der Waals surface area contributed by atoms with Gasteiger partial charge in [0.2, 0.25) is 5.91 Å². The minimum Gasteiger partial charge on any atom is -0.329 e. The minimum atomic E-state index is -0.493. The molecular formula is C18H20N4O. The largest absolute Gasteiger partial charge is 0.329 e. The lowest BCUT2D eigenvalue weighted by Gasteiger charge is -2.14. The molecule has 0 fully saturated rings. The Morgan fingerprint density at radius 3 is 2.65 bits per heavy atom. The Hall–Kier alpha value is -2.92. The number of hydrogen-bond donors (Lipinski definition) is 2. The second kappa shape index (κ2) is 7.91. The third-order valence-corrected chi connectivity index (χ3v) is 3.36. The molecule has 5 nitrogen and oxygen atoms in total. The molecule has 0 bridgehead atoms. The van der Waals surface area contributed by atoms with Gasteiger partial charge in [-0.1, -0.05) is 49.6 Å². The van der Waals surface area contributed by atoms with Crippen molar-refractivity contribution < 1.29 is 4.79 Å². The Morgan fingerprint density at radius 2 is 2.04 bits per heavy atom. The first kappa shape index (κ1) is 16.5. The fraction of sp³-hybridized carbons (Fsp3) is 0.111. The van der Waals surface area contributed by atoms with E-state index < -0.39 is 5.92 Å². The van der Waals surface area contributed by atoms with Gasteiger partial charge in [-0.25, -0.2) is 4.68 Å². The molecule has 0 aliphatic carbocycles. The summed E-state index contributed by atoms with van der Waals surface area (Å²) in [5.41, 5.74) is 7.36. The van der Waals surface area contributed by atoms with Crippen LogP contribution in [0.5, 0.6) is 0 Å². The van der Waals surface area contributed by atoms with Crippen LogP contribution in [0.3, 0.4) is 0 Å². The average molecular weight is 308 g/mol. The first-order valence-electron chi connectivity index (χ1n) is 7.26. The second-order valence-electron chi connectivity index (χ2n) is 4.87. The molecule has 0 spiro atoms. The first-order chi connectivity index (χ1) is 11.2. The van der Waals surface area contributed by atoms with Crippen LogP contribution in [0.2, 0.25) is 0 Å². The molecule has 1 unspecified atom stereocenters. The molecule has 1 aromatic carbocycles. The van der Waals surface area contributed by atoms with Gasteiger partial charge in [0.05, 0.1) is 11.6 Å². The Kier molecular flexibility index (Phi) is 5.66. The van der Waals surface area contributed by atoms with Gasteiger partial charge in [-0.05, 0) is 17.7 Å². The van der Waals surface area contributed by atoms with Gasteiger partial charge in [0, 0.05) is 18.8 Å². The molecule has 0 saturated heterocycles. The second-order valence-corrected chi connectivity index (χ2v) is 4.87. The lowest BCUT2D eigenvalue weighted by molar-refractivity contribution is -0.118. The maximum Gasteiger partial charge on any atom is 0.234 e. The zero-order chi connectivity index (χ0) is 16.7. The van der Waals surface area contributed by atoms with E-state index in [2.05, 4.69) is 23.6 Å². The van der Waals surface area contributed by atoms with Gasteiger partial charge in [-0.2, -0.15) is 5.10 Å². The molecule has 0 aliphatic heterocycles. The van der Waals surface area contributed by atoms with Gasteiger partial charge in [0.15, 0.2) is 5.82 Å². The Balaban J connectivity index is 2.14. The maximum atomic E-state index is 12.4. The Morgan fingerprint density at radius 1 is 1.30 bits per heavy atom. The zero-order valence-electron chi connectivity index (χ0n) is 12.9. The number of rotatable bonds is 7. The van der Waals surface area contributed by atoms with Crippen LogP contribution in [0, 0.1) is 5.92 Å². The van der Waals surface area contributed by atoms with Gasteiger partial charge in [-0.3, -0.25) is 4.79 Å². The summed E-state index contributed by atoms with van der Waals surface area (Å²) >= 11 is 0. The van der Waals surface area contributed by atoms with Crippen LogP contribution < -0.4 is 11.1 Å². The van der Waals surface area contributed by atoms with Crippen molar-refractivity contribution in [2.45, 2.75) is 0 Å². The average Bonchev–Trinajstić information content (AvgIpc) is 3.04. The van der Waals surface area contributed by atoms with Crippen molar-refractivity contribution in [2.24, 2.45) is 11.7 Å². The monoisotopic (exact) mass is 308 g/mol. The maximum absolute atomic E-state index is 12.4. The number of nitrogens with two attached hydrogens (primary N) is 1. The number of amides is 1. The van der Waals surface area contributed by atoms with E-state index in [0.717, 1.165) is 11.3 Å². The third kappa shape index (κ3) is 4.05. The molecule has 118 valence electrons. The number of nitrogens with one attached hydrogen (secondary N) is 1. The molecular weight excluding hydrogens is 288 g/mol. The molecule has 1 atom stereocenters. The van der Waals surface area contributed by atoms with Crippen molar-refractivity contribution in [3.63, 3.8) is 0 Å². The highest BCUT2D eigenvalue weighted by Crippen LogP contribution is 2.15. The highest BCUT2D eigenvalue weighted by atomic mass is 16.2. The summed E-state index contributed by atoms with van der Waals surface area (Å²) in [6.07, 6.45) is 6.74. The molecule has 1 amide bonds. The number of nitrogens with zero attached hydrogens (tertiary/aromatic N) is 2. The predicted molar refractivity (Wildman–Crippen MR) is 93.2 cm³/mol. The van der Waals surface area contributed by atoms with Crippen LogP contribution in [0.25, 0.3) is 5.69 Å². The minimum absolute atomic E-state index is 0.178. The van der Waals surface area contributed by atoms with E-state index in [1.54, 1.807) is 35.2 Å². The van der Waals surface area contributed by atoms with Crippen molar-refractivity contribution >= 4 is 11.7 Å². The fourth-order valence-corrected chi connectivity index (χ4v) is 2.19. The molecule has 0 aliphatic rings. The van der Waals surface area contributed by atoms with E-state index in [4.69, 9.17) is 5.73 Å². The highest BCUT2D eigenvalue weighted by molar-refractivity contribution is 5.94. The number of allylic oxidation sites excluding steroid dienone is 3. The van der Waals surface area contributed by atoms with Crippen LogP contribution in [-0.2, 0) is 4.79 Å². The third-order valence-electron chi connectivity index (χ3n) is 3.36. The van der Waals surface area contributed by atoms with Crippen LogP contribution in [-0.4, -0.2) is 22.2 Å². The van der Waals surface area contributed by atoms with Gasteiger partial charge < -0.3 is 11.1 Å². The molecule has 1 aromatic heterocycles. The number of anilines is 1. The molecule has 0 saturated carbocycles. The number of para-hydroxylation sites is 1. The fourth-order valence-electron chi connectivity index (χ4n) is 2.19. The molecule has 2 rings (SSSR count). The van der Waals surface area contributed by atoms with E-state index in [0.29, 0.717) is 5.82 Å². The SMILES string of the molecule is C=C/C=C(\C=C)C(CN)C(=O)Nc1ccn(-c2ccccc2)n1. The van der Waals surface area contributed by atoms with Crippen molar-refractivity contribution in [2.75, 3.05) is 11.9 Å². The van der Waals surface area contributed by atoms with Crippen LogP contribution >= 0.6 is 0 Å². The van der Waals surface area contributed by atoms with Crippen LogP contribution in [0.1, 0.15) is 0 Å². The van der Waals surface area contributed by atoms with Crippen LogP contribution in [0.15, 0.2) is 79.6 Å². The van der Waals surface area contributed by atoms with Crippen molar-refractivity contribution in [1.29, 1.82) is 0 Å². The normalized spacial score (nSPS) is 12.5. The summed E-state index contributed by atoms with van der Waals surface area (Å²) in [6.45, 7) is 7.52. The number of carbonyl (C=O) groups excluding carboxylic acids is 1. The molecule has 5 heteroatoms. The molecule has 2 aromatic rings. The summed E-state index contributed by atoms with van der Waals surface area (Å²) in [7, 11) is 0. The summed E-state index contributed by atoms with van der Waals surface area (Å²) in [5.74, 6) is -0.245. The Bertz CT molecular complexity index is 716. The van der Waals surface area contributed by atoms with E-state index in [1.165, 1.54) is 0 Å². The quantitative estimate of drug-likeness (QED) is 0.772. The topological polar surface area (TPSA) is 72.9 Å². The van der Waals surface area contributed by atoms with Crippen molar-refractivity contribution in [1.82, 2.24) is 9.78 Å². The molecule has 3 N–H and O–H groups in total. The number of benzene rings is 1. The van der Waals surface area contributed by atoms with E-state index >= 15 is 0 Å². The van der Waals surface area contributed by atoms with Crippen molar-refractivity contribution in [3.8, 4) is 5.69 Å². The number of aromatic nitrogens is 2. The number of carbonyl (C=O) groups is 1. The van der Waals surface area contributed by atoms with Crippen molar-refractivity contribution in [3.05, 3.63) is 79.6 Å². The van der Waals surface area contributed by atoms with Gasteiger partial charge in [0.1, 0.15) is 0 Å². The molecule has 0 radical (unpaired) electrons. The lowest BCUT2D eigenvalue weighted by atomic mass is 9.97. The van der Waals surface area contributed by atoms with E-state index in [1.807, 2.05) is 30.3 Å². The summed E-state index contributed by atoms with van der Waals surface area (Å²) < 4.78 is 1.70. The summed E-state index contributed by atoms with van der Waals surface area (Å²) in [4.78, 5) is 12.4. The number of hydrogen-bond acceptors (Lipinski definition) is 3. The predicted octanol–water partition coefficient (Wildman–Crippen LogP) is 2.68. The van der Waals surface area contributed by atoms with E-state index in [9.17, 15) is 4.79 Å². The lowest BCUT2D eigenvalue weighted by Crippen LogP contribution is -2.30. The standard InChI is InChI=1S/C18H20N4O/c1-3-8-14(4-2)16(13-19)18(23)20-17-11-12-22(21-17)15-9-6-5-7-10-15/h3-12,16H,1-2,13,19H2,(H,20,21,23)/b14-8+.